The number of ether oxygens (including phenoxy) is 1. The van der Waals surface area contributed by atoms with Crippen molar-refractivity contribution in [1.82, 2.24) is 14.8 Å². The lowest BCUT2D eigenvalue weighted by molar-refractivity contribution is -0.155. The number of hydrogen-bond donors (Lipinski definition) is 0. The van der Waals surface area contributed by atoms with Crippen molar-refractivity contribution in [2.75, 3.05) is 0 Å². The Morgan fingerprint density at radius 3 is 2.52 bits per heavy atom. The molecule has 1 aromatic carbocycles. The van der Waals surface area contributed by atoms with E-state index in [0.717, 1.165) is 17.1 Å². The molecule has 3 atom stereocenters. The lowest BCUT2D eigenvalue weighted by Gasteiger charge is -2.31. The second-order valence-electron chi connectivity index (χ2n) is 9.39. The Morgan fingerprint density at radius 2 is 1.87 bits per heavy atom. The van der Waals surface area contributed by atoms with Gasteiger partial charge in [0, 0.05) is 16.4 Å². The topological polar surface area (TPSA) is 69.4 Å². The number of aromatic nitrogens is 3. The van der Waals surface area contributed by atoms with Gasteiger partial charge in [-0.25, -0.2) is 0 Å². The molecule has 0 fully saturated rings. The van der Waals surface area contributed by atoms with Crippen LogP contribution in [-0.4, -0.2) is 37.3 Å². The molecule has 0 bridgehead atoms. The van der Waals surface area contributed by atoms with Gasteiger partial charge in [0.2, 0.25) is 0 Å². The van der Waals surface area contributed by atoms with Crippen LogP contribution in [0.1, 0.15) is 71.2 Å². The van der Waals surface area contributed by atoms with Crippen molar-refractivity contribution in [3.05, 3.63) is 58.7 Å². The van der Waals surface area contributed by atoms with Crippen LogP contribution in [0.5, 0.6) is 0 Å². The van der Waals surface area contributed by atoms with Crippen LogP contribution in [0.15, 0.2) is 46.5 Å². The standard InChI is InChI=1S/C24H30N4O2S/c1-14-15(2)31-24(7)20(14)21(17-11-9-8-10-12-17)25-18(13-19(29)30-23(4,5)6)22-27-26-16(3)28(22)24/h8-12,15,18H,13H2,1-7H3. The molecule has 2 aliphatic rings. The largest absolute Gasteiger partial charge is 0.460 e. The van der Waals surface area contributed by atoms with Gasteiger partial charge < -0.3 is 4.74 Å². The van der Waals surface area contributed by atoms with E-state index in [0.29, 0.717) is 11.1 Å². The molecule has 1 aromatic heterocycles. The first-order valence-corrected chi connectivity index (χ1v) is 11.6. The third-order valence-electron chi connectivity index (χ3n) is 5.80. The lowest BCUT2D eigenvalue weighted by Crippen LogP contribution is -2.32. The van der Waals surface area contributed by atoms with Crippen LogP contribution in [0, 0.1) is 6.92 Å². The molecule has 31 heavy (non-hydrogen) atoms. The van der Waals surface area contributed by atoms with Crippen molar-refractivity contribution in [3.63, 3.8) is 0 Å². The molecule has 7 heteroatoms. The smallest absolute Gasteiger partial charge is 0.308 e. The molecule has 0 spiro atoms. The van der Waals surface area contributed by atoms with E-state index in [1.807, 2.05) is 57.7 Å². The van der Waals surface area contributed by atoms with Crippen molar-refractivity contribution in [2.24, 2.45) is 4.99 Å². The van der Waals surface area contributed by atoms with Crippen molar-refractivity contribution in [2.45, 2.75) is 76.7 Å². The first-order chi connectivity index (χ1) is 14.5. The van der Waals surface area contributed by atoms with E-state index in [1.54, 1.807) is 0 Å². The first kappa shape index (κ1) is 21.8. The van der Waals surface area contributed by atoms with Gasteiger partial charge in [0.15, 0.2) is 5.82 Å². The zero-order chi connectivity index (χ0) is 22.6. The van der Waals surface area contributed by atoms with Crippen LogP contribution in [0.2, 0.25) is 0 Å². The quantitative estimate of drug-likeness (QED) is 0.632. The Kier molecular flexibility index (Phi) is 5.36. The second-order valence-corrected chi connectivity index (χ2v) is 11.1. The zero-order valence-corrected chi connectivity index (χ0v) is 20.1. The maximum absolute atomic E-state index is 12.8. The summed E-state index contributed by atoms with van der Waals surface area (Å²) in [6, 6.07) is 9.74. The highest BCUT2D eigenvalue weighted by molar-refractivity contribution is 8.01. The van der Waals surface area contributed by atoms with Crippen molar-refractivity contribution in [1.29, 1.82) is 0 Å². The minimum absolute atomic E-state index is 0.119. The third-order valence-corrected chi connectivity index (χ3v) is 7.35. The maximum atomic E-state index is 12.8. The predicted octanol–water partition coefficient (Wildman–Crippen LogP) is 4.99. The van der Waals surface area contributed by atoms with Gasteiger partial charge in [-0.3, -0.25) is 14.4 Å². The average Bonchev–Trinajstić information content (AvgIpc) is 3.13. The van der Waals surface area contributed by atoms with Gasteiger partial charge >= 0.3 is 5.97 Å². The van der Waals surface area contributed by atoms with Crippen LogP contribution in [-0.2, 0) is 14.4 Å². The molecule has 2 aromatic rings. The van der Waals surface area contributed by atoms with Crippen LogP contribution in [0.4, 0.5) is 0 Å². The number of carbonyl (C=O) groups is 1. The number of nitrogens with zero attached hydrogens (tertiary/aromatic N) is 4. The van der Waals surface area contributed by atoms with Gasteiger partial charge in [0.25, 0.3) is 0 Å². The average molecular weight is 439 g/mol. The summed E-state index contributed by atoms with van der Waals surface area (Å²) in [4.78, 5) is 17.5. The first-order valence-electron chi connectivity index (χ1n) is 10.7. The molecular formula is C24H30N4O2S. The number of fused-ring (bicyclic) bond motifs is 3. The minimum atomic E-state index is -0.551. The molecule has 4 rings (SSSR count). The molecule has 6 nitrogen and oxygen atoms in total. The Morgan fingerprint density at radius 1 is 1.19 bits per heavy atom. The number of aryl methyl sites for hydroxylation is 1. The predicted molar refractivity (Wildman–Crippen MR) is 124 cm³/mol. The molecule has 3 heterocycles. The van der Waals surface area contributed by atoms with Gasteiger partial charge in [-0.05, 0) is 48.5 Å². The molecule has 0 N–H and O–H groups in total. The number of hydrogen-bond acceptors (Lipinski definition) is 6. The summed E-state index contributed by atoms with van der Waals surface area (Å²) in [5, 5.41) is 9.21. The molecule has 0 aliphatic carbocycles. The SMILES string of the molecule is CC1=C2C(c3ccccc3)=NC(CC(=O)OC(C)(C)C)c3nnc(C)n3C2(C)SC1C. The van der Waals surface area contributed by atoms with Gasteiger partial charge in [-0.1, -0.05) is 35.9 Å². The molecule has 0 amide bonds. The number of rotatable bonds is 3. The molecule has 164 valence electrons. The highest BCUT2D eigenvalue weighted by atomic mass is 32.2. The molecule has 2 aliphatic heterocycles. The summed E-state index contributed by atoms with van der Waals surface area (Å²) in [6.07, 6.45) is 0.119. The number of aliphatic imine (C=N–C) groups is 1. The van der Waals surface area contributed by atoms with Gasteiger partial charge in [-0.15, -0.1) is 22.0 Å². The molecule has 3 unspecified atom stereocenters. The number of esters is 1. The van der Waals surface area contributed by atoms with Crippen LogP contribution in [0.25, 0.3) is 0 Å². The number of thioether (sulfide) groups is 1. The van der Waals surface area contributed by atoms with E-state index >= 15 is 0 Å². The van der Waals surface area contributed by atoms with E-state index in [2.05, 4.69) is 47.7 Å². The van der Waals surface area contributed by atoms with Crippen molar-refractivity contribution >= 4 is 23.4 Å². The summed E-state index contributed by atoms with van der Waals surface area (Å²) in [7, 11) is 0. The maximum Gasteiger partial charge on any atom is 0.308 e. The molecule has 0 saturated heterocycles. The van der Waals surface area contributed by atoms with Crippen LogP contribution in [0.3, 0.4) is 0 Å². The van der Waals surface area contributed by atoms with Gasteiger partial charge in [0.1, 0.15) is 22.3 Å². The fraction of sp³-hybridized carbons (Fsp3) is 0.500. The number of carbonyl (C=O) groups excluding carboxylic acids is 1. The highest BCUT2D eigenvalue weighted by Crippen LogP contribution is 2.54. The van der Waals surface area contributed by atoms with Crippen molar-refractivity contribution in [3.8, 4) is 0 Å². The zero-order valence-electron chi connectivity index (χ0n) is 19.3. The Bertz CT molecular complexity index is 1080. The fourth-order valence-electron chi connectivity index (χ4n) is 4.52. The molecule has 0 saturated carbocycles. The van der Waals surface area contributed by atoms with Crippen LogP contribution < -0.4 is 0 Å². The van der Waals surface area contributed by atoms with E-state index < -0.39 is 16.5 Å². The minimum Gasteiger partial charge on any atom is -0.460 e. The number of benzene rings is 1. The normalized spacial score (nSPS) is 25.6. The van der Waals surface area contributed by atoms with E-state index in [9.17, 15) is 4.79 Å². The highest BCUT2D eigenvalue weighted by Gasteiger charge is 2.48. The summed E-state index contributed by atoms with van der Waals surface area (Å²) in [5.41, 5.74) is 3.91. The van der Waals surface area contributed by atoms with E-state index in [1.165, 1.54) is 11.1 Å². The van der Waals surface area contributed by atoms with Gasteiger partial charge in [0.05, 0.1) is 12.1 Å². The molecule has 0 radical (unpaired) electrons. The van der Waals surface area contributed by atoms with Gasteiger partial charge in [-0.2, -0.15) is 0 Å². The van der Waals surface area contributed by atoms with Crippen molar-refractivity contribution < 1.29 is 9.53 Å². The van der Waals surface area contributed by atoms with E-state index in [4.69, 9.17) is 9.73 Å². The summed E-state index contributed by atoms with van der Waals surface area (Å²) in [5.74, 6) is 1.25. The summed E-state index contributed by atoms with van der Waals surface area (Å²) in [6.45, 7) is 14.2. The Labute approximate surface area is 188 Å². The van der Waals surface area contributed by atoms with E-state index in [-0.39, 0.29) is 12.4 Å². The second kappa shape index (κ2) is 7.62. The summed E-state index contributed by atoms with van der Waals surface area (Å²) >= 11 is 1.88. The fourth-order valence-corrected chi connectivity index (χ4v) is 6.21. The Balaban J connectivity index is 1.92. The monoisotopic (exact) mass is 438 g/mol. The van der Waals surface area contributed by atoms with Crippen LogP contribution >= 0.6 is 11.8 Å². The molecular weight excluding hydrogens is 408 g/mol. The lowest BCUT2D eigenvalue weighted by atomic mass is 9.91. The summed E-state index contributed by atoms with van der Waals surface area (Å²) < 4.78 is 7.79. The third kappa shape index (κ3) is 3.84. The Hall–Kier alpha value is -2.41.